The molecule has 0 saturated heterocycles. The van der Waals surface area contributed by atoms with Crippen LogP contribution in [0.2, 0.25) is 0 Å². The Hall–Kier alpha value is -2.15. The van der Waals surface area contributed by atoms with E-state index in [0.717, 1.165) is 31.2 Å². The molecule has 0 radical (unpaired) electrons. The molecule has 1 unspecified atom stereocenters. The highest BCUT2D eigenvalue weighted by molar-refractivity contribution is 5.82. The fraction of sp³-hybridized carbons (Fsp3) is 0.526. The molecular formula is C19H23NO3. The number of ketones is 1. The number of ether oxygens (including phenoxy) is 1. The Balaban J connectivity index is 1.93. The van der Waals surface area contributed by atoms with Gasteiger partial charge < -0.3 is 15.6 Å². The van der Waals surface area contributed by atoms with Crippen molar-refractivity contribution in [1.82, 2.24) is 0 Å². The number of hydrogen-bond acceptors (Lipinski definition) is 4. The smallest absolute Gasteiger partial charge is 0.161 e. The topological polar surface area (TPSA) is 72.6 Å². The first-order valence-corrected chi connectivity index (χ1v) is 8.37. The lowest BCUT2D eigenvalue weighted by molar-refractivity contribution is -0.121. The van der Waals surface area contributed by atoms with Crippen molar-refractivity contribution in [3.05, 3.63) is 23.8 Å². The van der Waals surface area contributed by atoms with Crippen LogP contribution < -0.4 is 10.5 Å². The van der Waals surface area contributed by atoms with Crippen LogP contribution in [-0.4, -0.2) is 17.0 Å². The van der Waals surface area contributed by atoms with E-state index in [-0.39, 0.29) is 17.6 Å². The van der Waals surface area contributed by atoms with Crippen LogP contribution in [0.25, 0.3) is 0 Å². The molecule has 2 fully saturated rings. The molecule has 2 aliphatic carbocycles. The van der Waals surface area contributed by atoms with Crippen molar-refractivity contribution in [2.75, 3.05) is 0 Å². The summed E-state index contributed by atoms with van der Waals surface area (Å²) in [7, 11) is 0. The van der Waals surface area contributed by atoms with Crippen LogP contribution in [0.3, 0.4) is 0 Å². The summed E-state index contributed by atoms with van der Waals surface area (Å²) in [6, 6.07) is 7.81. The Labute approximate surface area is 137 Å². The molecule has 3 rings (SSSR count). The zero-order chi connectivity index (χ0) is 16.3. The third-order valence-electron chi connectivity index (χ3n) is 4.98. The van der Waals surface area contributed by atoms with Gasteiger partial charge in [0.15, 0.2) is 11.5 Å². The van der Waals surface area contributed by atoms with E-state index < -0.39 is 5.41 Å². The number of Topliss-reactive ketones (excluding diaryl/α,β-unsaturated/α-hetero) is 1. The van der Waals surface area contributed by atoms with Crippen LogP contribution in [0.15, 0.2) is 18.2 Å². The van der Waals surface area contributed by atoms with Crippen LogP contribution >= 0.6 is 0 Å². The lowest BCUT2D eigenvalue weighted by Gasteiger charge is -2.32. The second-order valence-corrected chi connectivity index (χ2v) is 6.63. The van der Waals surface area contributed by atoms with Crippen LogP contribution in [0.5, 0.6) is 11.5 Å². The van der Waals surface area contributed by atoms with Crippen molar-refractivity contribution < 1.29 is 14.6 Å². The summed E-state index contributed by atoms with van der Waals surface area (Å²) in [6.07, 6.45) is 7.16. The highest BCUT2D eigenvalue weighted by Crippen LogP contribution is 2.41. The van der Waals surface area contributed by atoms with E-state index >= 15 is 0 Å². The minimum atomic E-state index is -0.550. The number of phenols is 1. The molecule has 3 N–H and O–H groups in total. The zero-order valence-electron chi connectivity index (χ0n) is 13.3. The highest BCUT2D eigenvalue weighted by Gasteiger charge is 2.36. The maximum atomic E-state index is 12.0. The second-order valence-electron chi connectivity index (χ2n) is 6.63. The van der Waals surface area contributed by atoms with Crippen molar-refractivity contribution in [3.63, 3.8) is 0 Å². The molecule has 4 nitrogen and oxygen atoms in total. The summed E-state index contributed by atoms with van der Waals surface area (Å²) in [4.78, 5) is 12.0. The van der Waals surface area contributed by atoms with Crippen molar-refractivity contribution in [1.29, 1.82) is 0 Å². The van der Waals surface area contributed by atoms with Crippen LogP contribution in [-0.2, 0) is 10.2 Å². The Bertz CT molecular complexity index is 652. The molecule has 0 bridgehead atoms. The summed E-state index contributed by atoms with van der Waals surface area (Å²) < 4.78 is 5.97. The Kier molecular flexibility index (Phi) is 4.47. The standard InChI is InChI=1S/C19H23NO3/c20-11-10-19(9-3-4-15(21)13-19)14-7-8-17(22)18(12-14)23-16-5-1-2-6-16/h7-8,12,16,22H,1-6,9,13,20H2. The van der Waals surface area contributed by atoms with E-state index in [0.29, 0.717) is 18.6 Å². The number of hydrogen-bond donors (Lipinski definition) is 2. The maximum absolute atomic E-state index is 12.0. The number of benzene rings is 1. The Morgan fingerprint density at radius 1 is 1.26 bits per heavy atom. The van der Waals surface area contributed by atoms with Crippen molar-refractivity contribution in [3.8, 4) is 23.5 Å². The molecular weight excluding hydrogens is 290 g/mol. The molecule has 1 aromatic rings. The van der Waals surface area contributed by atoms with Gasteiger partial charge in [0.05, 0.1) is 11.5 Å². The molecule has 2 saturated carbocycles. The van der Waals surface area contributed by atoms with Gasteiger partial charge in [-0.2, -0.15) is 0 Å². The van der Waals surface area contributed by atoms with Gasteiger partial charge in [0, 0.05) is 18.9 Å². The summed E-state index contributed by atoms with van der Waals surface area (Å²) in [5.74, 6) is 3.90. The monoisotopic (exact) mass is 313 g/mol. The summed E-state index contributed by atoms with van der Waals surface area (Å²) in [5, 5.41) is 10.1. The maximum Gasteiger partial charge on any atom is 0.161 e. The Morgan fingerprint density at radius 2 is 2.04 bits per heavy atom. The number of nitrogens with two attached hydrogens (primary N) is 1. The predicted octanol–water partition coefficient (Wildman–Crippen LogP) is 3.01. The summed E-state index contributed by atoms with van der Waals surface area (Å²) in [6.45, 7) is 0. The molecule has 23 heavy (non-hydrogen) atoms. The first-order chi connectivity index (χ1) is 11.1. The van der Waals surface area contributed by atoms with E-state index in [2.05, 4.69) is 12.0 Å². The fourth-order valence-electron chi connectivity index (χ4n) is 3.76. The minimum Gasteiger partial charge on any atom is -0.504 e. The largest absolute Gasteiger partial charge is 0.504 e. The molecule has 0 spiro atoms. The van der Waals surface area contributed by atoms with Crippen molar-refractivity contribution >= 4 is 5.78 Å². The average molecular weight is 313 g/mol. The summed E-state index contributed by atoms with van der Waals surface area (Å²) >= 11 is 0. The van der Waals surface area contributed by atoms with Gasteiger partial charge in [-0.1, -0.05) is 12.0 Å². The number of carbonyl (C=O) groups excluding carboxylic acids is 1. The minimum absolute atomic E-state index is 0.138. The number of aromatic hydroxyl groups is 1. The summed E-state index contributed by atoms with van der Waals surface area (Å²) in [5.41, 5.74) is 5.84. The first kappa shape index (κ1) is 15.7. The van der Waals surface area contributed by atoms with Gasteiger partial charge in [0.25, 0.3) is 0 Å². The molecule has 4 heteroatoms. The van der Waals surface area contributed by atoms with E-state index in [9.17, 15) is 9.90 Å². The van der Waals surface area contributed by atoms with Crippen LogP contribution in [0.1, 0.15) is 56.9 Å². The molecule has 0 aromatic heterocycles. The molecule has 1 aromatic carbocycles. The quantitative estimate of drug-likeness (QED) is 0.664. The van der Waals surface area contributed by atoms with E-state index in [1.807, 2.05) is 12.1 Å². The second kappa shape index (κ2) is 6.54. The average Bonchev–Trinajstić information content (AvgIpc) is 3.03. The van der Waals surface area contributed by atoms with Crippen molar-refractivity contribution in [2.24, 2.45) is 5.73 Å². The van der Waals surface area contributed by atoms with E-state index in [1.54, 1.807) is 6.07 Å². The molecule has 2 aliphatic rings. The van der Waals surface area contributed by atoms with E-state index in [1.165, 1.54) is 12.8 Å². The van der Waals surface area contributed by atoms with Gasteiger partial charge in [-0.25, -0.2) is 0 Å². The van der Waals surface area contributed by atoms with Crippen LogP contribution in [0.4, 0.5) is 0 Å². The van der Waals surface area contributed by atoms with Gasteiger partial charge in [-0.05, 0) is 56.2 Å². The molecule has 122 valence electrons. The van der Waals surface area contributed by atoms with Gasteiger partial charge >= 0.3 is 0 Å². The normalized spacial score (nSPS) is 25.0. The van der Waals surface area contributed by atoms with Crippen LogP contribution in [0, 0.1) is 12.0 Å². The molecule has 0 amide bonds. The first-order valence-electron chi connectivity index (χ1n) is 8.37. The SMILES string of the molecule is NC#CC1(c2ccc(O)c(OC3CCCC3)c2)CCCC(=O)C1. The number of rotatable bonds is 3. The number of phenolic OH excluding ortho intramolecular Hbond substituents is 1. The highest BCUT2D eigenvalue weighted by atomic mass is 16.5. The predicted molar refractivity (Wildman–Crippen MR) is 88.1 cm³/mol. The molecule has 0 aliphatic heterocycles. The lowest BCUT2D eigenvalue weighted by Crippen LogP contribution is -2.32. The van der Waals surface area contributed by atoms with E-state index in [4.69, 9.17) is 10.5 Å². The van der Waals surface area contributed by atoms with Gasteiger partial charge in [-0.15, -0.1) is 0 Å². The third kappa shape index (κ3) is 3.29. The molecule has 1 atom stereocenters. The number of carbonyl (C=O) groups is 1. The zero-order valence-corrected chi connectivity index (χ0v) is 13.3. The lowest BCUT2D eigenvalue weighted by atomic mass is 9.69. The third-order valence-corrected chi connectivity index (χ3v) is 4.98. The Morgan fingerprint density at radius 3 is 2.74 bits per heavy atom. The van der Waals surface area contributed by atoms with Gasteiger partial charge in [0.1, 0.15) is 5.78 Å². The van der Waals surface area contributed by atoms with Crippen molar-refractivity contribution in [2.45, 2.75) is 62.9 Å². The molecule has 0 heterocycles. The van der Waals surface area contributed by atoms with Gasteiger partial charge in [-0.3, -0.25) is 4.79 Å². The van der Waals surface area contributed by atoms with Gasteiger partial charge in [0.2, 0.25) is 0 Å². The fourth-order valence-corrected chi connectivity index (χ4v) is 3.76.